The van der Waals surface area contributed by atoms with Crippen molar-refractivity contribution in [2.24, 2.45) is 0 Å². The van der Waals surface area contributed by atoms with Crippen molar-refractivity contribution in [2.45, 2.75) is 20.0 Å². The number of hydrogen-bond acceptors (Lipinski definition) is 5. The molecule has 0 radical (unpaired) electrons. The fraction of sp³-hybridized carbons (Fsp3) is 0.167. The number of fused-ring (bicyclic) bond motifs is 1. The van der Waals surface area contributed by atoms with Crippen molar-refractivity contribution in [3.63, 3.8) is 0 Å². The molecule has 0 saturated heterocycles. The van der Waals surface area contributed by atoms with E-state index in [-0.39, 0.29) is 30.2 Å². The topological polar surface area (TPSA) is 88.9 Å². The van der Waals surface area contributed by atoms with Gasteiger partial charge in [-0.2, -0.15) is 0 Å². The Bertz CT molecular complexity index is 1490. The molecule has 180 valence electrons. The highest BCUT2D eigenvalue weighted by Crippen LogP contribution is 2.28. The Balaban J connectivity index is 1.74. The number of carbonyl (C=O) groups excluding carboxylic acids is 1. The van der Waals surface area contributed by atoms with E-state index in [1.165, 1.54) is 11.5 Å². The molecule has 0 bridgehead atoms. The van der Waals surface area contributed by atoms with Gasteiger partial charge in [0.15, 0.2) is 5.65 Å². The standard InChI is InChI=1S/C24H19Cl4N5O2/c1-13(34)29-6-7-33-23-21(32-22(24(33)35)15-3-5-18(26)20(28)9-15)10-16(12-31-23)30-11-14-2-4-17(25)19(27)8-14/h2-5,8-10,12,30H,6-7,11H2,1H3,(H,29,34). The van der Waals surface area contributed by atoms with Crippen molar-refractivity contribution in [2.75, 3.05) is 11.9 Å². The molecule has 0 spiro atoms. The lowest BCUT2D eigenvalue weighted by Gasteiger charge is -2.14. The van der Waals surface area contributed by atoms with Gasteiger partial charge in [0.1, 0.15) is 11.2 Å². The van der Waals surface area contributed by atoms with Gasteiger partial charge in [0, 0.05) is 32.1 Å². The molecule has 2 heterocycles. The number of amides is 1. The minimum Gasteiger partial charge on any atom is -0.380 e. The van der Waals surface area contributed by atoms with Gasteiger partial charge in [-0.15, -0.1) is 0 Å². The first-order valence-corrected chi connectivity index (χ1v) is 12.0. The van der Waals surface area contributed by atoms with Crippen LogP contribution in [-0.4, -0.2) is 27.0 Å². The second-order valence-electron chi connectivity index (χ2n) is 7.70. The van der Waals surface area contributed by atoms with E-state index in [0.717, 1.165) is 5.56 Å². The van der Waals surface area contributed by atoms with Gasteiger partial charge in [-0.05, 0) is 35.9 Å². The molecule has 2 aromatic heterocycles. The molecule has 0 unspecified atom stereocenters. The maximum absolute atomic E-state index is 13.3. The molecule has 2 N–H and O–H groups in total. The highest BCUT2D eigenvalue weighted by Gasteiger charge is 2.16. The molecule has 35 heavy (non-hydrogen) atoms. The Labute approximate surface area is 221 Å². The van der Waals surface area contributed by atoms with Crippen LogP contribution in [-0.2, 0) is 17.9 Å². The average molecular weight is 551 g/mol. The van der Waals surface area contributed by atoms with Crippen LogP contribution in [0.2, 0.25) is 20.1 Å². The van der Waals surface area contributed by atoms with Crippen LogP contribution in [0.5, 0.6) is 0 Å². The molecule has 0 aliphatic rings. The largest absolute Gasteiger partial charge is 0.380 e. The minimum atomic E-state index is -0.356. The van der Waals surface area contributed by atoms with Gasteiger partial charge in [0.25, 0.3) is 5.56 Å². The molecular formula is C24H19Cl4N5O2. The van der Waals surface area contributed by atoms with Gasteiger partial charge in [-0.3, -0.25) is 14.2 Å². The predicted molar refractivity (Wildman–Crippen MR) is 142 cm³/mol. The number of carbonyl (C=O) groups is 1. The first kappa shape index (κ1) is 25.3. The Morgan fingerprint density at radius 1 is 0.971 bits per heavy atom. The van der Waals surface area contributed by atoms with Gasteiger partial charge >= 0.3 is 0 Å². The summed E-state index contributed by atoms with van der Waals surface area (Å²) in [7, 11) is 0. The quantitative estimate of drug-likeness (QED) is 0.302. The van der Waals surface area contributed by atoms with E-state index in [0.29, 0.717) is 49.1 Å². The number of aromatic nitrogens is 3. The van der Waals surface area contributed by atoms with E-state index in [4.69, 9.17) is 46.4 Å². The fourth-order valence-corrected chi connectivity index (χ4v) is 4.08. The van der Waals surface area contributed by atoms with Crippen LogP contribution in [0.25, 0.3) is 22.4 Å². The zero-order valence-electron chi connectivity index (χ0n) is 18.4. The smallest absolute Gasteiger partial charge is 0.278 e. The molecule has 2 aromatic carbocycles. The Kier molecular flexibility index (Phi) is 7.82. The van der Waals surface area contributed by atoms with E-state index in [9.17, 15) is 9.59 Å². The molecule has 0 atom stereocenters. The second kappa shape index (κ2) is 10.8. The molecule has 7 nitrogen and oxygen atoms in total. The Hall–Kier alpha value is -2.84. The molecule has 0 saturated carbocycles. The average Bonchev–Trinajstić information content (AvgIpc) is 2.82. The van der Waals surface area contributed by atoms with Crippen LogP contribution >= 0.6 is 46.4 Å². The number of benzene rings is 2. The number of pyridine rings is 1. The minimum absolute atomic E-state index is 0.192. The summed E-state index contributed by atoms with van der Waals surface area (Å²) in [5.74, 6) is -0.192. The maximum atomic E-state index is 13.3. The molecule has 4 rings (SSSR count). The molecule has 4 aromatic rings. The number of nitrogens with zero attached hydrogens (tertiary/aromatic N) is 3. The summed E-state index contributed by atoms with van der Waals surface area (Å²) in [5, 5.41) is 7.62. The second-order valence-corrected chi connectivity index (χ2v) is 9.33. The third kappa shape index (κ3) is 5.87. The number of nitrogens with one attached hydrogen (secondary N) is 2. The molecular weight excluding hydrogens is 532 g/mol. The summed E-state index contributed by atoms with van der Waals surface area (Å²) in [6.45, 7) is 2.37. The SMILES string of the molecule is CC(=O)NCCn1c(=O)c(-c2ccc(Cl)c(Cl)c2)nc2cc(NCc3ccc(Cl)c(Cl)c3)cnc21. The Morgan fingerprint density at radius 2 is 1.69 bits per heavy atom. The zero-order chi connectivity index (χ0) is 25.1. The van der Waals surface area contributed by atoms with Gasteiger partial charge in [-0.25, -0.2) is 9.97 Å². The van der Waals surface area contributed by atoms with Crippen LogP contribution in [0.15, 0.2) is 53.5 Å². The third-order valence-corrected chi connectivity index (χ3v) is 6.64. The summed E-state index contributed by atoms with van der Waals surface area (Å²) in [6.07, 6.45) is 1.62. The maximum Gasteiger partial charge on any atom is 0.278 e. The Morgan fingerprint density at radius 3 is 2.37 bits per heavy atom. The van der Waals surface area contributed by atoms with Gasteiger partial charge in [0.05, 0.1) is 32.0 Å². The number of hydrogen-bond donors (Lipinski definition) is 2. The molecule has 0 fully saturated rings. The molecule has 0 aliphatic heterocycles. The van der Waals surface area contributed by atoms with E-state index < -0.39 is 0 Å². The van der Waals surface area contributed by atoms with E-state index in [1.54, 1.807) is 42.6 Å². The first-order chi connectivity index (χ1) is 16.7. The van der Waals surface area contributed by atoms with Crippen LogP contribution < -0.4 is 16.2 Å². The molecule has 0 aliphatic carbocycles. The predicted octanol–water partition coefficient (Wildman–Crippen LogP) is 5.82. The van der Waals surface area contributed by atoms with Gasteiger partial charge < -0.3 is 10.6 Å². The number of anilines is 1. The van der Waals surface area contributed by atoms with Gasteiger partial charge in [0.2, 0.25) is 5.91 Å². The monoisotopic (exact) mass is 549 g/mol. The highest BCUT2D eigenvalue weighted by atomic mass is 35.5. The van der Waals surface area contributed by atoms with Crippen molar-refractivity contribution in [3.05, 3.63) is 84.7 Å². The van der Waals surface area contributed by atoms with Crippen molar-refractivity contribution in [1.82, 2.24) is 19.9 Å². The van der Waals surface area contributed by atoms with Crippen molar-refractivity contribution >= 4 is 69.2 Å². The summed E-state index contributed by atoms with van der Waals surface area (Å²) < 4.78 is 1.48. The first-order valence-electron chi connectivity index (χ1n) is 10.5. The van der Waals surface area contributed by atoms with Crippen LogP contribution in [0.1, 0.15) is 12.5 Å². The molecule has 11 heteroatoms. The third-order valence-electron chi connectivity index (χ3n) is 5.17. The summed E-state index contributed by atoms with van der Waals surface area (Å²) in [5.41, 5.74) is 2.88. The lowest BCUT2D eigenvalue weighted by Crippen LogP contribution is -2.31. The zero-order valence-corrected chi connectivity index (χ0v) is 21.4. The van der Waals surface area contributed by atoms with Crippen molar-refractivity contribution < 1.29 is 4.79 Å². The lowest BCUT2D eigenvalue weighted by molar-refractivity contribution is -0.118. The van der Waals surface area contributed by atoms with E-state index >= 15 is 0 Å². The van der Waals surface area contributed by atoms with Crippen molar-refractivity contribution in [1.29, 1.82) is 0 Å². The van der Waals surface area contributed by atoms with E-state index in [2.05, 4.69) is 20.6 Å². The van der Waals surface area contributed by atoms with E-state index in [1.807, 2.05) is 6.07 Å². The lowest BCUT2D eigenvalue weighted by atomic mass is 10.1. The van der Waals surface area contributed by atoms with Crippen molar-refractivity contribution in [3.8, 4) is 11.3 Å². The highest BCUT2D eigenvalue weighted by molar-refractivity contribution is 6.42. The van der Waals surface area contributed by atoms with Crippen LogP contribution in [0.3, 0.4) is 0 Å². The summed E-state index contributed by atoms with van der Waals surface area (Å²) in [6, 6.07) is 12.1. The number of halogens is 4. The number of rotatable bonds is 7. The normalized spacial score (nSPS) is 11.0. The fourth-order valence-electron chi connectivity index (χ4n) is 3.46. The molecule has 1 amide bonds. The van der Waals surface area contributed by atoms with Gasteiger partial charge in [-0.1, -0.05) is 58.5 Å². The summed E-state index contributed by atoms with van der Waals surface area (Å²) in [4.78, 5) is 33.8. The van der Waals surface area contributed by atoms with Crippen LogP contribution in [0.4, 0.5) is 5.69 Å². The summed E-state index contributed by atoms with van der Waals surface area (Å²) >= 11 is 24.3. The van der Waals surface area contributed by atoms with Crippen LogP contribution in [0, 0.1) is 0 Å².